The van der Waals surface area contributed by atoms with Crippen molar-refractivity contribution < 1.29 is 4.79 Å². The molecule has 23 heavy (non-hydrogen) atoms. The van der Waals surface area contributed by atoms with E-state index in [0.29, 0.717) is 23.3 Å². The van der Waals surface area contributed by atoms with Crippen LogP contribution in [0.25, 0.3) is 10.9 Å². The second-order valence-electron chi connectivity index (χ2n) is 6.79. The van der Waals surface area contributed by atoms with Crippen molar-refractivity contribution in [2.75, 3.05) is 12.8 Å². The molecule has 5 heteroatoms. The number of aromatic nitrogens is 1. The van der Waals surface area contributed by atoms with Gasteiger partial charge in [-0.15, -0.1) is 0 Å². The Bertz CT molecular complexity index is 746. The Morgan fingerprint density at radius 2 is 1.96 bits per heavy atom. The van der Waals surface area contributed by atoms with E-state index in [-0.39, 0.29) is 11.9 Å². The number of carbonyl (C=O) groups is 1. The normalized spacial score (nSPS) is 27.3. The van der Waals surface area contributed by atoms with Gasteiger partial charge in [0.15, 0.2) is 0 Å². The fourth-order valence-corrected chi connectivity index (χ4v) is 4.14. The lowest BCUT2D eigenvalue weighted by atomic mass is 9.97. The zero-order valence-corrected chi connectivity index (χ0v) is 13.3. The number of nitrogens with two attached hydrogens (primary N) is 1. The van der Waals surface area contributed by atoms with Crippen LogP contribution in [0, 0.1) is 0 Å². The van der Waals surface area contributed by atoms with Crippen molar-refractivity contribution in [2.45, 2.75) is 43.8 Å². The van der Waals surface area contributed by atoms with Crippen molar-refractivity contribution in [3.63, 3.8) is 0 Å². The van der Waals surface area contributed by atoms with Gasteiger partial charge >= 0.3 is 0 Å². The number of nitrogens with one attached hydrogen (secondary N) is 1. The van der Waals surface area contributed by atoms with Crippen LogP contribution in [0.15, 0.2) is 30.5 Å². The number of rotatable bonds is 2. The molecule has 0 saturated carbocycles. The molecule has 0 spiro atoms. The Labute approximate surface area is 135 Å². The molecular formula is C18H22N4O. The molecule has 1 unspecified atom stereocenters. The highest BCUT2D eigenvalue weighted by Gasteiger charge is 2.38. The molecule has 3 atom stereocenters. The predicted octanol–water partition coefficient (Wildman–Crippen LogP) is 2.17. The molecule has 2 aliphatic heterocycles. The first-order chi connectivity index (χ1) is 11.1. The van der Waals surface area contributed by atoms with Crippen molar-refractivity contribution in [1.82, 2.24) is 15.2 Å². The van der Waals surface area contributed by atoms with Gasteiger partial charge < -0.3 is 16.0 Å². The molecule has 2 saturated heterocycles. The number of piperidine rings is 1. The fourth-order valence-electron chi connectivity index (χ4n) is 4.14. The number of amides is 1. The first-order valence-corrected chi connectivity index (χ1v) is 8.29. The lowest BCUT2D eigenvalue weighted by Gasteiger charge is -2.36. The molecule has 2 aliphatic rings. The largest absolute Gasteiger partial charge is 0.397 e. The number of pyridine rings is 1. The Morgan fingerprint density at radius 1 is 1.26 bits per heavy atom. The number of hydrogen-bond acceptors (Lipinski definition) is 4. The second kappa shape index (κ2) is 5.49. The van der Waals surface area contributed by atoms with E-state index in [4.69, 9.17) is 5.73 Å². The minimum Gasteiger partial charge on any atom is -0.397 e. The molecule has 5 nitrogen and oxygen atoms in total. The Hall–Kier alpha value is -2.14. The number of hydrogen-bond donors (Lipinski definition) is 2. The van der Waals surface area contributed by atoms with Crippen molar-refractivity contribution in [1.29, 1.82) is 0 Å². The molecule has 3 heterocycles. The third-order valence-corrected chi connectivity index (χ3v) is 5.50. The second-order valence-corrected chi connectivity index (χ2v) is 6.79. The quantitative estimate of drug-likeness (QED) is 0.892. The number of nitrogens with zero attached hydrogens (tertiary/aromatic N) is 2. The maximum Gasteiger partial charge on any atom is 0.255 e. The lowest BCUT2D eigenvalue weighted by molar-refractivity contribution is 0.0883. The number of fused-ring (bicyclic) bond motifs is 3. The van der Waals surface area contributed by atoms with E-state index in [9.17, 15) is 4.79 Å². The van der Waals surface area contributed by atoms with Gasteiger partial charge in [-0.1, -0.05) is 18.2 Å². The summed E-state index contributed by atoms with van der Waals surface area (Å²) in [6, 6.07) is 9.09. The molecule has 0 radical (unpaired) electrons. The maximum atomic E-state index is 12.6. The van der Waals surface area contributed by atoms with Gasteiger partial charge in [-0.25, -0.2) is 0 Å². The van der Waals surface area contributed by atoms with Crippen molar-refractivity contribution in [3.8, 4) is 0 Å². The summed E-state index contributed by atoms with van der Waals surface area (Å²) in [4.78, 5) is 19.5. The number of nitrogen functional groups attached to an aromatic ring is 1. The molecule has 1 aromatic carbocycles. The van der Waals surface area contributed by atoms with E-state index < -0.39 is 0 Å². The minimum atomic E-state index is -0.102. The van der Waals surface area contributed by atoms with Crippen LogP contribution >= 0.6 is 0 Å². The average molecular weight is 310 g/mol. The molecule has 2 bridgehead atoms. The highest BCUT2D eigenvalue weighted by molar-refractivity contribution is 6.06. The average Bonchev–Trinajstić information content (AvgIpc) is 2.77. The minimum absolute atomic E-state index is 0.102. The van der Waals surface area contributed by atoms with Gasteiger partial charge in [0.05, 0.1) is 16.8 Å². The topological polar surface area (TPSA) is 71.2 Å². The molecule has 0 aliphatic carbocycles. The van der Waals surface area contributed by atoms with E-state index in [2.05, 4.69) is 22.2 Å². The van der Waals surface area contributed by atoms with Crippen LogP contribution in [-0.4, -0.2) is 41.0 Å². The van der Waals surface area contributed by atoms with Crippen molar-refractivity contribution in [3.05, 3.63) is 36.0 Å². The smallest absolute Gasteiger partial charge is 0.255 e. The number of benzene rings is 1. The first kappa shape index (κ1) is 14.5. The van der Waals surface area contributed by atoms with Gasteiger partial charge in [-0.3, -0.25) is 9.78 Å². The van der Waals surface area contributed by atoms with E-state index in [1.807, 2.05) is 24.3 Å². The first-order valence-electron chi connectivity index (χ1n) is 8.29. The summed E-state index contributed by atoms with van der Waals surface area (Å²) in [6.07, 6.45) is 6.14. The zero-order chi connectivity index (χ0) is 16.0. The third kappa shape index (κ3) is 2.45. The van der Waals surface area contributed by atoms with Crippen LogP contribution in [-0.2, 0) is 0 Å². The Kier molecular flexibility index (Phi) is 3.45. The van der Waals surface area contributed by atoms with Gasteiger partial charge in [0, 0.05) is 29.7 Å². The molecule has 1 aromatic heterocycles. The lowest BCUT2D eigenvalue weighted by Crippen LogP contribution is -2.48. The van der Waals surface area contributed by atoms with Gasteiger partial charge in [0.25, 0.3) is 5.91 Å². The molecular weight excluding hydrogens is 288 g/mol. The fraction of sp³-hybridized carbons (Fsp3) is 0.444. The molecule has 4 rings (SSSR count). The number of carbonyl (C=O) groups excluding carboxylic acids is 1. The van der Waals surface area contributed by atoms with E-state index in [0.717, 1.165) is 23.7 Å². The SMILES string of the molecule is CN1[C@@H]2CC[C@H]1CC(NC(=O)c1cnc3ccccc3c1N)C2. The monoisotopic (exact) mass is 310 g/mol. The Balaban J connectivity index is 1.55. The third-order valence-electron chi connectivity index (χ3n) is 5.50. The van der Waals surface area contributed by atoms with Crippen LogP contribution in [0.2, 0.25) is 0 Å². The molecule has 120 valence electrons. The summed E-state index contributed by atoms with van der Waals surface area (Å²) >= 11 is 0. The highest BCUT2D eigenvalue weighted by atomic mass is 16.1. The standard InChI is InChI=1S/C18H22N4O/c1-22-12-6-7-13(22)9-11(8-12)21-18(23)15-10-20-16-5-3-2-4-14(16)17(15)19/h2-5,10-13H,6-9H2,1H3,(H2,19,20)(H,21,23)/t11?,12-,13+. The molecule has 2 fully saturated rings. The Morgan fingerprint density at radius 3 is 2.70 bits per heavy atom. The summed E-state index contributed by atoms with van der Waals surface area (Å²) in [5, 5.41) is 4.01. The molecule has 2 aromatic rings. The predicted molar refractivity (Wildman–Crippen MR) is 91.2 cm³/mol. The van der Waals surface area contributed by atoms with Crippen LogP contribution in [0.3, 0.4) is 0 Å². The summed E-state index contributed by atoms with van der Waals surface area (Å²) < 4.78 is 0. The van der Waals surface area contributed by atoms with Gasteiger partial charge in [-0.2, -0.15) is 0 Å². The van der Waals surface area contributed by atoms with Gasteiger partial charge in [-0.05, 0) is 38.8 Å². The maximum absolute atomic E-state index is 12.6. The van der Waals surface area contributed by atoms with Crippen molar-refractivity contribution >= 4 is 22.5 Å². The molecule has 3 N–H and O–H groups in total. The van der Waals surface area contributed by atoms with Gasteiger partial charge in [0.1, 0.15) is 0 Å². The van der Waals surface area contributed by atoms with E-state index in [1.165, 1.54) is 12.8 Å². The summed E-state index contributed by atoms with van der Waals surface area (Å²) in [5.74, 6) is -0.102. The van der Waals surface area contributed by atoms with E-state index >= 15 is 0 Å². The number of para-hydroxylation sites is 1. The highest BCUT2D eigenvalue weighted by Crippen LogP contribution is 2.34. The molecule has 1 amide bonds. The summed E-state index contributed by atoms with van der Waals surface area (Å²) in [7, 11) is 2.20. The van der Waals surface area contributed by atoms with Crippen LogP contribution in [0.1, 0.15) is 36.0 Å². The van der Waals surface area contributed by atoms with E-state index in [1.54, 1.807) is 6.20 Å². The van der Waals surface area contributed by atoms with Crippen LogP contribution < -0.4 is 11.1 Å². The summed E-state index contributed by atoms with van der Waals surface area (Å²) in [5.41, 5.74) is 8.02. The van der Waals surface area contributed by atoms with Crippen molar-refractivity contribution in [2.24, 2.45) is 0 Å². The van der Waals surface area contributed by atoms with Gasteiger partial charge in [0.2, 0.25) is 0 Å². The summed E-state index contributed by atoms with van der Waals surface area (Å²) in [6.45, 7) is 0. The zero-order valence-electron chi connectivity index (χ0n) is 13.3. The van der Waals surface area contributed by atoms with Crippen LogP contribution in [0.5, 0.6) is 0 Å². The van der Waals surface area contributed by atoms with Crippen LogP contribution in [0.4, 0.5) is 5.69 Å². The number of anilines is 1.